The van der Waals surface area contributed by atoms with Gasteiger partial charge in [0.15, 0.2) is 5.03 Å². The van der Waals surface area contributed by atoms with E-state index in [1.54, 1.807) is 0 Å². The third-order valence-electron chi connectivity index (χ3n) is 1.49. The Morgan fingerprint density at radius 1 is 1.50 bits per heavy atom. The van der Waals surface area contributed by atoms with Crippen LogP contribution in [-0.2, 0) is 9.84 Å². The molecule has 0 aliphatic carbocycles. The van der Waals surface area contributed by atoms with Crippen LogP contribution in [0.4, 0.5) is 0 Å². The van der Waals surface area contributed by atoms with Gasteiger partial charge in [0.1, 0.15) is 5.69 Å². The van der Waals surface area contributed by atoms with Gasteiger partial charge in [-0.3, -0.25) is 4.79 Å². The highest BCUT2D eigenvalue weighted by atomic mass is 32.2. The largest absolute Gasteiger partial charge is 0.364 e. The lowest BCUT2D eigenvalue weighted by atomic mass is 10.3. The second-order valence-corrected chi connectivity index (χ2v) is 4.28. The van der Waals surface area contributed by atoms with Gasteiger partial charge in [-0.1, -0.05) is 12.6 Å². The van der Waals surface area contributed by atoms with Crippen molar-refractivity contribution >= 4 is 15.7 Å². The van der Waals surface area contributed by atoms with Crippen LogP contribution in [0.2, 0.25) is 0 Å². The fourth-order valence-corrected chi connectivity index (χ4v) is 1.46. The summed E-state index contributed by atoms with van der Waals surface area (Å²) < 4.78 is 22.5. The van der Waals surface area contributed by atoms with Crippen molar-refractivity contribution in [3.63, 3.8) is 0 Å². The summed E-state index contributed by atoms with van der Waals surface area (Å²) in [7, 11) is -3.61. The maximum absolute atomic E-state index is 11.2. The molecule has 74 valence electrons. The highest BCUT2D eigenvalue weighted by Crippen LogP contribution is 2.08. The van der Waals surface area contributed by atoms with Crippen molar-refractivity contribution < 1.29 is 13.2 Å². The number of rotatable bonds is 3. The Kier molecular flexibility index (Phi) is 2.66. The van der Waals surface area contributed by atoms with Crippen molar-refractivity contribution in [1.82, 2.24) is 4.98 Å². The number of hydrogen-bond donors (Lipinski definition) is 1. The number of hydrogen-bond acceptors (Lipinski definition) is 4. The molecule has 2 N–H and O–H groups in total. The van der Waals surface area contributed by atoms with E-state index in [1.807, 2.05) is 0 Å². The van der Waals surface area contributed by atoms with E-state index in [9.17, 15) is 13.2 Å². The van der Waals surface area contributed by atoms with E-state index in [0.29, 0.717) is 0 Å². The number of carbonyl (C=O) groups is 1. The lowest BCUT2D eigenvalue weighted by Gasteiger charge is -1.99. The second-order valence-electron chi connectivity index (χ2n) is 2.44. The average molecular weight is 212 g/mol. The van der Waals surface area contributed by atoms with E-state index in [-0.39, 0.29) is 10.7 Å². The molecule has 1 rings (SSSR count). The molecule has 0 atom stereocenters. The van der Waals surface area contributed by atoms with Gasteiger partial charge in [-0.15, -0.1) is 0 Å². The monoisotopic (exact) mass is 212 g/mol. The van der Waals surface area contributed by atoms with Gasteiger partial charge < -0.3 is 5.73 Å². The summed E-state index contributed by atoms with van der Waals surface area (Å²) in [4.78, 5) is 14.3. The maximum atomic E-state index is 11.2. The van der Waals surface area contributed by atoms with Crippen LogP contribution in [0, 0.1) is 0 Å². The van der Waals surface area contributed by atoms with E-state index in [0.717, 1.165) is 5.41 Å². The molecule has 0 radical (unpaired) electrons. The molecule has 0 aromatic carbocycles. The molecule has 1 amide bonds. The molecule has 0 fully saturated rings. The van der Waals surface area contributed by atoms with Crippen LogP contribution in [0.25, 0.3) is 0 Å². The van der Waals surface area contributed by atoms with Gasteiger partial charge in [0, 0.05) is 5.41 Å². The first-order valence-electron chi connectivity index (χ1n) is 3.62. The minimum Gasteiger partial charge on any atom is -0.364 e. The quantitative estimate of drug-likeness (QED) is 0.769. The number of pyridine rings is 1. The molecular weight excluding hydrogens is 204 g/mol. The van der Waals surface area contributed by atoms with E-state index in [2.05, 4.69) is 11.6 Å². The van der Waals surface area contributed by atoms with Crippen LogP contribution in [0.3, 0.4) is 0 Å². The SMILES string of the molecule is C=CS(=O)(=O)c1cccc(C(N)=O)n1. The first-order valence-corrected chi connectivity index (χ1v) is 5.16. The summed E-state index contributed by atoms with van der Waals surface area (Å²) >= 11 is 0. The number of nitrogens with two attached hydrogens (primary N) is 1. The molecular formula is C8H8N2O3S. The molecule has 0 aliphatic heterocycles. The van der Waals surface area contributed by atoms with E-state index >= 15 is 0 Å². The van der Waals surface area contributed by atoms with Crippen LogP contribution in [0.15, 0.2) is 35.2 Å². The highest BCUT2D eigenvalue weighted by molar-refractivity contribution is 7.94. The lowest BCUT2D eigenvalue weighted by Crippen LogP contribution is -2.14. The first kappa shape index (κ1) is 10.4. The molecule has 0 bridgehead atoms. The molecule has 0 saturated carbocycles. The van der Waals surface area contributed by atoms with Crippen LogP contribution in [0.1, 0.15) is 10.5 Å². The van der Waals surface area contributed by atoms with Crippen molar-refractivity contribution in [2.24, 2.45) is 5.73 Å². The first-order chi connectivity index (χ1) is 6.47. The smallest absolute Gasteiger partial charge is 0.267 e. The van der Waals surface area contributed by atoms with Crippen molar-refractivity contribution in [2.45, 2.75) is 5.03 Å². The number of carbonyl (C=O) groups excluding carboxylic acids is 1. The van der Waals surface area contributed by atoms with Crippen LogP contribution >= 0.6 is 0 Å². The predicted octanol–water partition coefficient (Wildman–Crippen LogP) is 0.0977. The van der Waals surface area contributed by atoms with Gasteiger partial charge in [-0.2, -0.15) is 0 Å². The molecule has 0 unspecified atom stereocenters. The molecule has 6 heteroatoms. The Morgan fingerprint density at radius 2 is 2.14 bits per heavy atom. The van der Waals surface area contributed by atoms with Gasteiger partial charge in [-0.25, -0.2) is 13.4 Å². The van der Waals surface area contributed by atoms with Crippen LogP contribution in [-0.4, -0.2) is 19.3 Å². The van der Waals surface area contributed by atoms with Crippen molar-refractivity contribution in [3.8, 4) is 0 Å². The van der Waals surface area contributed by atoms with Gasteiger partial charge in [0.2, 0.25) is 9.84 Å². The van der Waals surface area contributed by atoms with E-state index in [1.165, 1.54) is 18.2 Å². The second kappa shape index (κ2) is 3.59. The predicted molar refractivity (Wildman–Crippen MR) is 50.1 cm³/mol. The number of amides is 1. The van der Waals surface area contributed by atoms with E-state index < -0.39 is 15.7 Å². The van der Waals surface area contributed by atoms with E-state index in [4.69, 9.17) is 5.73 Å². The van der Waals surface area contributed by atoms with Crippen molar-refractivity contribution in [3.05, 3.63) is 35.9 Å². The summed E-state index contributed by atoms with van der Waals surface area (Å²) in [5, 5.41) is 0.531. The minimum atomic E-state index is -3.61. The third kappa shape index (κ3) is 1.97. The van der Waals surface area contributed by atoms with Crippen LogP contribution in [0.5, 0.6) is 0 Å². The highest BCUT2D eigenvalue weighted by Gasteiger charge is 2.12. The van der Waals surface area contributed by atoms with Gasteiger partial charge in [0.25, 0.3) is 5.91 Å². The molecule has 0 spiro atoms. The summed E-state index contributed by atoms with van der Waals surface area (Å²) in [6.45, 7) is 3.14. The fraction of sp³-hybridized carbons (Fsp3) is 0. The molecule has 1 aromatic heterocycles. The molecule has 14 heavy (non-hydrogen) atoms. The van der Waals surface area contributed by atoms with Crippen LogP contribution < -0.4 is 5.73 Å². The summed E-state index contributed by atoms with van der Waals surface area (Å²) in [6, 6.07) is 4.00. The zero-order chi connectivity index (χ0) is 10.8. The standard InChI is InChI=1S/C8H8N2O3S/c1-2-14(12,13)7-5-3-4-6(10-7)8(9)11/h2-5H,1H2,(H2,9,11). The fourth-order valence-electron chi connectivity index (χ4n) is 0.796. The number of sulfone groups is 1. The summed E-state index contributed by atoms with van der Waals surface area (Å²) in [6.07, 6.45) is 0. The minimum absolute atomic E-state index is 0.0899. The van der Waals surface area contributed by atoms with Gasteiger partial charge >= 0.3 is 0 Å². The zero-order valence-corrected chi connectivity index (χ0v) is 7.99. The Morgan fingerprint density at radius 3 is 2.64 bits per heavy atom. The van der Waals surface area contributed by atoms with Crippen molar-refractivity contribution in [2.75, 3.05) is 0 Å². The average Bonchev–Trinajstić information content (AvgIpc) is 2.18. The number of primary amides is 1. The number of aromatic nitrogens is 1. The van der Waals surface area contributed by atoms with Gasteiger partial charge in [0.05, 0.1) is 0 Å². The Balaban J connectivity index is 3.33. The topological polar surface area (TPSA) is 90.1 Å². The molecule has 5 nitrogen and oxygen atoms in total. The maximum Gasteiger partial charge on any atom is 0.267 e. The molecule has 0 saturated heterocycles. The molecule has 1 heterocycles. The Labute approximate surface area is 81.2 Å². The summed E-state index contributed by atoms with van der Waals surface area (Å²) in [5.74, 6) is -0.772. The number of nitrogens with zero attached hydrogens (tertiary/aromatic N) is 1. The van der Waals surface area contributed by atoms with Crippen molar-refractivity contribution in [1.29, 1.82) is 0 Å². The Bertz CT molecular complexity index is 479. The Hall–Kier alpha value is -1.69. The van der Waals surface area contributed by atoms with Gasteiger partial charge in [-0.05, 0) is 12.1 Å². The third-order valence-corrected chi connectivity index (χ3v) is 2.74. The lowest BCUT2D eigenvalue weighted by molar-refractivity contribution is 0.0995. The normalized spacial score (nSPS) is 10.9. The molecule has 1 aromatic rings. The summed E-state index contributed by atoms with van der Waals surface area (Å²) in [5.41, 5.74) is 4.86. The zero-order valence-electron chi connectivity index (χ0n) is 7.17. The molecule has 0 aliphatic rings.